The highest BCUT2D eigenvalue weighted by atomic mass is 16.5. The van der Waals surface area contributed by atoms with Crippen LogP contribution in [0.25, 0.3) is 0 Å². The fourth-order valence-electron chi connectivity index (χ4n) is 3.39. The summed E-state index contributed by atoms with van der Waals surface area (Å²) in [6.45, 7) is 4.52. The molecule has 1 heterocycles. The van der Waals surface area contributed by atoms with E-state index in [1.54, 1.807) is 26.4 Å². The molecule has 1 fully saturated rings. The van der Waals surface area contributed by atoms with Gasteiger partial charge in [-0.05, 0) is 35.7 Å². The first-order valence-electron chi connectivity index (χ1n) is 9.92. The van der Waals surface area contributed by atoms with Crippen LogP contribution in [0.3, 0.4) is 0 Å². The minimum Gasteiger partial charge on any atom is -0.497 e. The minimum absolute atomic E-state index is 0.0505. The van der Waals surface area contributed by atoms with Crippen LogP contribution in [-0.4, -0.2) is 50.2 Å². The lowest BCUT2D eigenvalue weighted by atomic mass is 10.0. The number of benzene rings is 2. The van der Waals surface area contributed by atoms with Crippen LogP contribution in [0.4, 0.5) is 5.69 Å². The highest BCUT2D eigenvalue weighted by Crippen LogP contribution is 2.27. The van der Waals surface area contributed by atoms with Gasteiger partial charge in [-0.2, -0.15) is 0 Å². The number of ether oxygens (including phenoxy) is 3. The van der Waals surface area contributed by atoms with Crippen LogP contribution in [0.5, 0.6) is 11.5 Å². The van der Waals surface area contributed by atoms with E-state index in [9.17, 15) is 9.59 Å². The second-order valence-corrected chi connectivity index (χ2v) is 7.50. The van der Waals surface area contributed by atoms with Crippen LogP contribution in [0.1, 0.15) is 30.9 Å². The zero-order valence-corrected chi connectivity index (χ0v) is 17.8. The second-order valence-electron chi connectivity index (χ2n) is 7.50. The molecule has 0 spiro atoms. The zero-order chi connectivity index (χ0) is 21.7. The van der Waals surface area contributed by atoms with Gasteiger partial charge >= 0.3 is 0 Å². The number of nitrogens with zero attached hydrogens (tertiary/aromatic N) is 1. The van der Waals surface area contributed by atoms with Crippen LogP contribution >= 0.6 is 0 Å². The Labute approximate surface area is 176 Å². The predicted octanol–water partition coefficient (Wildman–Crippen LogP) is 3.19. The van der Waals surface area contributed by atoms with E-state index >= 15 is 0 Å². The summed E-state index contributed by atoms with van der Waals surface area (Å²) >= 11 is 0. The lowest BCUT2D eigenvalue weighted by molar-refractivity contribution is -0.154. The maximum atomic E-state index is 13.0. The van der Waals surface area contributed by atoms with Gasteiger partial charge in [-0.1, -0.05) is 26.0 Å². The van der Waals surface area contributed by atoms with Crippen molar-refractivity contribution in [1.82, 2.24) is 4.90 Å². The van der Waals surface area contributed by atoms with Gasteiger partial charge in [0.1, 0.15) is 24.1 Å². The Balaban J connectivity index is 1.80. The number of carbonyl (C=O) groups excluding carboxylic acids is 2. The summed E-state index contributed by atoms with van der Waals surface area (Å²) in [4.78, 5) is 27.1. The molecular formula is C23H28N2O5. The molecular weight excluding hydrogens is 384 g/mol. The quantitative estimate of drug-likeness (QED) is 0.756. The highest BCUT2D eigenvalue weighted by molar-refractivity contribution is 5.98. The van der Waals surface area contributed by atoms with Gasteiger partial charge in [-0.15, -0.1) is 0 Å². The van der Waals surface area contributed by atoms with Crippen molar-refractivity contribution in [3.05, 3.63) is 53.6 Å². The molecule has 1 atom stereocenters. The molecule has 2 aromatic carbocycles. The van der Waals surface area contributed by atoms with Gasteiger partial charge in [-0.3, -0.25) is 9.59 Å². The first-order valence-corrected chi connectivity index (χ1v) is 9.92. The summed E-state index contributed by atoms with van der Waals surface area (Å²) in [5.41, 5.74) is 2.61. The molecule has 1 N–H and O–H groups in total. The Morgan fingerprint density at radius 1 is 1.20 bits per heavy atom. The van der Waals surface area contributed by atoms with Crippen LogP contribution < -0.4 is 14.8 Å². The average Bonchev–Trinajstić information content (AvgIpc) is 2.75. The normalized spacial score (nSPS) is 16.5. The zero-order valence-electron chi connectivity index (χ0n) is 17.8. The summed E-state index contributed by atoms with van der Waals surface area (Å²) in [5.74, 6) is 1.08. The molecule has 1 aliphatic heterocycles. The molecule has 7 nitrogen and oxygen atoms in total. The van der Waals surface area contributed by atoms with E-state index in [-0.39, 0.29) is 31.6 Å². The third-order valence-electron chi connectivity index (χ3n) is 5.16. The standard InChI is InChI=1S/C23H28N2O5/c1-15(2)16-6-5-7-18(10-16)24-23(27)20-13-30-14-22(26)25(20)12-17-8-9-19(28-3)11-21(17)29-4/h5-11,15,20H,12-14H2,1-4H3,(H,24,27)/t20-/m0/s1. The minimum atomic E-state index is -0.735. The van der Waals surface area contributed by atoms with Crippen molar-refractivity contribution in [1.29, 1.82) is 0 Å². The number of nitrogens with one attached hydrogen (secondary N) is 1. The Morgan fingerprint density at radius 2 is 2.00 bits per heavy atom. The second kappa shape index (κ2) is 9.63. The van der Waals surface area contributed by atoms with Crippen LogP contribution in [0, 0.1) is 0 Å². The number of rotatable bonds is 7. The first kappa shape index (κ1) is 21.6. The molecule has 0 saturated carbocycles. The van der Waals surface area contributed by atoms with Crippen molar-refractivity contribution in [3.8, 4) is 11.5 Å². The Kier molecular flexibility index (Phi) is 6.95. The number of methoxy groups -OCH3 is 2. The highest BCUT2D eigenvalue weighted by Gasteiger charge is 2.34. The third-order valence-corrected chi connectivity index (χ3v) is 5.16. The fraction of sp³-hybridized carbons (Fsp3) is 0.391. The number of morpholine rings is 1. The Hall–Kier alpha value is -3.06. The maximum absolute atomic E-state index is 13.0. The molecule has 2 aromatic rings. The smallest absolute Gasteiger partial charge is 0.249 e. The first-order chi connectivity index (χ1) is 14.4. The van der Waals surface area contributed by atoms with E-state index in [4.69, 9.17) is 14.2 Å². The van der Waals surface area contributed by atoms with E-state index in [0.29, 0.717) is 23.1 Å². The summed E-state index contributed by atoms with van der Waals surface area (Å²) < 4.78 is 16.0. The van der Waals surface area contributed by atoms with Gasteiger partial charge in [0.25, 0.3) is 0 Å². The third kappa shape index (κ3) is 4.91. The van der Waals surface area contributed by atoms with Crippen molar-refractivity contribution in [2.75, 3.05) is 32.8 Å². The van der Waals surface area contributed by atoms with Gasteiger partial charge in [0.05, 0.1) is 27.4 Å². The van der Waals surface area contributed by atoms with E-state index in [1.807, 2.05) is 30.3 Å². The largest absolute Gasteiger partial charge is 0.497 e. The molecule has 30 heavy (non-hydrogen) atoms. The summed E-state index contributed by atoms with van der Waals surface area (Å²) in [6.07, 6.45) is 0. The Bertz CT molecular complexity index is 912. The van der Waals surface area contributed by atoms with Crippen molar-refractivity contribution in [2.24, 2.45) is 0 Å². The number of carbonyl (C=O) groups is 2. The number of hydrogen-bond donors (Lipinski definition) is 1. The van der Waals surface area contributed by atoms with Gasteiger partial charge < -0.3 is 24.4 Å². The predicted molar refractivity (Wildman–Crippen MR) is 114 cm³/mol. The Morgan fingerprint density at radius 3 is 2.70 bits per heavy atom. The van der Waals surface area contributed by atoms with Gasteiger partial charge in [0, 0.05) is 17.3 Å². The lowest BCUT2D eigenvalue weighted by Gasteiger charge is -2.34. The van der Waals surface area contributed by atoms with E-state index in [0.717, 1.165) is 11.1 Å². The SMILES string of the molecule is COc1ccc(CN2C(=O)COC[C@H]2C(=O)Nc2cccc(C(C)C)c2)c(OC)c1. The molecule has 7 heteroatoms. The summed E-state index contributed by atoms with van der Waals surface area (Å²) in [7, 11) is 3.14. The average molecular weight is 412 g/mol. The molecule has 1 aliphatic rings. The summed E-state index contributed by atoms with van der Waals surface area (Å²) in [5, 5.41) is 2.93. The lowest BCUT2D eigenvalue weighted by Crippen LogP contribution is -2.54. The molecule has 3 rings (SSSR count). The van der Waals surface area contributed by atoms with Crippen LogP contribution in [0.2, 0.25) is 0 Å². The number of anilines is 1. The monoisotopic (exact) mass is 412 g/mol. The van der Waals surface area contributed by atoms with E-state index in [1.165, 1.54) is 4.90 Å². The van der Waals surface area contributed by atoms with Crippen molar-refractivity contribution >= 4 is 17.5 Å². The van der Waals surface area contributed by atoms with Crippen molar-refractivity contribution in [2.45, 2.75) is 32.4 Å². The van der Waals surface area contributed by atoms with Gasteiger partial charge in [-0.25, -0.2) is 0 Å². The molecule has 1 saturated heterocycles. The van der Waals surface area contributed by atoms with Gasteiger partial charge in [0.15, 0.2) is 0 Å². The molecule has 0 bridgehead atoms. The van der Waals surface area contributed by atoms with Crippen LogP contribution in [-0.2, 0) is 20.9 Å². The molecule has 0 unspecified atom stereocenters. The summed E-state index contributed by atoms with van der Waals surface area (Å²) in [6, 6.07) is 12.4. The van der Waals surface area contributed by atoms with E-state index < -0.39 is 6.04 Å². The van der Waals surface area contributed by atoms with Crippen molar-refractivity contribution < 1.29 is 23.8 Å². The molecule has 0 aromatic heterocycles. The maximum Gasteiger partial charge on any atom is 0.249 e. The molecule has 160 valence electrons. The van der Waals surface area contributed by atoms with Gasteiger partial charge in [0.2, 0.25) is 11.8 Å². The van der Waals surface area contributed by atoms with Crippen LogP contribution in [0.15, 0.2) is 42.5 Å². The number of amides is 2. The topological polar surface area (TPSA) is 77.1 Å². The molecule has 0 radical (unpaired) electrons. The molecule has 2 amide bonds. The van der Waals surface area contributed by atoms with E-state index in [2.05, 4.69) is 19.2 Å². The molecule has 0 aliphatic carbocycles. The van der Waals surface area contributed by atoms with Crippen molar-refractivity contribution in [3.63, 3.8) is 0 Å². The fourth-order valence-corrected chi connectivity index (χ4v) is 3.39. The number of hydrogen-bond acceptors (Lipinski definition) is 5.